The van der Waals surface area contributed by atoms with Crippen LogP contribution in [0.3, 0.4) is 0 Å². The number of aryl methyl sites for hydroxylation is 1. The molecule has 0 fully saturated rings. The van der Waals surface area contributed by atoms with Crippen LogP contribution in [0, 0.1) is 12.8 Å². The first-order chi connectivity index (χ1) is 14.0. The molecule has 1 amide bonds. The van der Waals surface area contributed by atoms with E-state index in [1.165, 1.54) is 17.3 Å². The normalized spacial score (nSPS) is 10.9. The molecule has 0 saturated heterocycles. The molecule has 1 aromatic heterocycles. The highest BCUT2D eigenvalue weighted by atomic mass is 32.2. The number of nitrogens with zero attached hydrogens (tertiary/aromatic N) is 3. The lowest BCUT2D eigenvalue weighted by Gasteiger charge is -2.11. The van der Waals surface area contributed by atoms with E-state index in [1.807, 2.05) is 41.0 Å². The lowest BCUT2D eigenvalue weighted by Crippen LogP contribution is -2.28. The SMILES string of the molecule is COc1ccc(-c2nnc(SCC(=O)NCC(C)C)n2-c2ccc(C)cc2)cc1. The van der Waals surface area contributed by atoms with Crippen molar-refractivity contribution in [2.75, 3.05) is 19.4 Å². The van der Waals surface area contributed by atoms with Crippen molar-refractivity contribution >= 4 is 17.7 Å². The first kappa shape index (κ1) is 20.9. The third kappa shape index (κ3) is 5.38. The van der Waals surface area contributed by atoms with Crippen LogP contribution in [0.2, 0.25) is 0 Å². The number of hydrogen-bond acceptors (Lipinski definition) is 5. The molecular weight excluding hydrogens is 384 g/mol. The van der Waals surface area contributed by atoms with Gasteiger partial charge < -0.3 is 10.1 Å². The number of carbonyl (C=O) groups is 1. The standard InChI is InChI=1S/C22H26N4O2S/c1-15(2)13-23-20(27)14-29-22-25-24-21(17-7-11-19(28-4)12-8-17)26(22)18-9-5-16(3)6-10-18/h5-12,15H,13-14H2,1-4H3,(H,23,27). The van der Waals surface area contributed by atoms with Crippen LogP contribution in [0.1, 0.15) is 19.4 Å². The van der Waals surface area contributed by atoms with Crippen LogP contribution in [0.15, 0.2) is 53.7 Å². The Morgan fingerprint density at radius 2 is 1.79 bits per heavy atom. The van der Waals surface area contributed by atoms with Gasteiger partial charge in [-0.15, -0.1) is 10.2 Å². The second kappa shape index (κ2) is 9.60. The molecule has 0 radical (unpaired) electrons. The minimum atomic E-state index is -0.00634. The van der Waals surface area contributed by atoms with Crippen molar-refractivity contribution in [1.82, 2.24) is 20.1 Å². The van der Waals surface area contributed by atoms with Gasteiger partial charge in [0.2, 0.25) is 5.91 Å². The predicted octanol–water partition coefficient (Wildman–Crippen LogP) is 4.12. The van der Waals surface area contributed by atoms with Gasteiger partial charge in [-0.1, -0.05) is 43.3 Å². The molecule has 29 heavy (non-hydrogen) atoms. The summed E-state index contributed by atoms with van der Waals surface area (Å²) >= 11 is 1.38. The Labute approximate surface area is 175 Å². The van der Waals surface area contributed by atoms with Gasteiger partial charge in [0.1, 0.15) is 5.75 Å². The molecule has 3 aromatic rings. The Hall–Kier alpha value is -2.80. The Morgan fingerprint density at radius 1 is 1.10 bits per heavy atom. The van der Waals surface area contributed by atoms with Gasteiger partial charge in [-0.25, -0.2) is 0 Å². The minimum Gasteiger partial charge on any atom is -0.497 e. The van der Waals surface area contributed by atoms with Crippen LogP contribution in [-0.2, 0) is 4.79 Å². The number of ether oxygens (including phenoxy) is 1. The first-order valence-corrected chi connectivity index (χ1v) is 10.5. The maximum absolute atomic E-state index is 12.2. The molecule has 2 aromatic carbocycles. The summed E-state index contributed by atoms with van der Waals surface area (Å²) in [6.45, 7) is 6.86. The van der Waals surface area contributed by atoms with Crippen molar-refractivity contribution in [1.29, 1.82) is 0 Å². The van der Waals surface area contributed by atoms with Crippen LogP contribution < -0.4 is 10.1 Å². The van der Waals surface area contributed by atoms with Gasteiger partial charge >= 0.3 is 0 Å². The Bertz CT molecular complexity index is 950. The van der Waals surface area contributed by atoms with Crippen LogP contribution >= 0.6 is 11.8 Å². The van der Waals surface area contributed by atoms with Crippen LogP contribution in [0.25, 0.3) is 17.1 Å². The molecule has 0 aliphatic heterocycles. The summed E-state index contributed by atoms with van der Waals surface area (Å²) in [5.74, 6) is 2.21. The summed E-state index contributed by atoms with van der Waals surface area (Å²) in [5, 5.41) is 12.4. The smallest absolute Gasteiger partial charge is 0.230 e. The number of rotatable bonds is 8. The Balaban J connectivity index is 1.90. The number of hydrogen-bond donors (Lipinski definition) is 1. The summed E-state index contributed by atoms with van der Waals surface area (Å²) in [4.78, 5) is 12.2. The minimum absolute atomic E-state index is 0.00634. The van der Waals surface area contributed by atoms with Gasteiger partial charge in [-0.2, -0.15) is 0 Å². The van der Waals surface area contributed by atoms with E-state index in [9.17, 15) is 4.79 Å². The average molecular weight is 411 g/mol. The third-order valence-corrected chi connectivity index (χ3v) is 5.24. The van der Waals surface area contributed by atoms with E-state index >= 15 is 0 Å². The molecule has 1 N–H and O–H groups in total. The van der Waals surface area contributed by atoms with Crippen molar-refractivity contribution in [3.05, 3.63) is 54.1 Å². The van der Waals surface area contributed by atoms with Gasteiger partial charge in [0, 0.05) is 17.8 Å². The molecule has 0 saturated carbocycles. The van der Waals surface area contributed by atoms with Gasteiger partial charge in [0.05, 0.1) is 12.9 Å². The van der Waals surface area contributed by atoms with Crippen molar-refractivity contribution in [2.24, 2.45) is 5.92 Å². The molecule has 0 spiro atoms. The number of amides is 1. The van der Waals surface area contributed by atoms with Crippen LogP contribution in [-0.4, -0.2) is 40.1 Å². The lowest BCUT2D eigenvalue weighted by molar-refractivity contribution is -0.118. The Morgan fingerprint density at radius 3 is 2.41 bits per heavy atom. The quantitative estimate of drug-likeness (QED) is 0.566. The van der Waals surface area contributed by atoms with E-state index in [1.54, 1.807) is 7.11 Å². The van der Waals surface area contributed by atoms with Crippen LogP contribution in [0.4, 0.5) is 0 Å². The summed E-state index contributed by atoms with van der Waals surface area (Å²) in [5.41, 5.74) is 3.06. The van der Waals surface area contributed by atoms with Crippen molar-refractivity contribution < 1.29 is 9.53 Å². The van der Waals surface area contributed by atoms with E-state index in [-0.39, 0.29) is 5.91 Å². The zero-order valence-corrected chi connectivity index (χ0v) is 18.0. The van der Waals surface area contributed by atoms with Gasteiger partial charge in [0.25, 0.3) is 0 Å². The van der Waals surface area contributed by atoms with E-state index < -0.39 is 0 Å². The molecule has 0 atom stereocenters. The molecule has 3 rings (SSSR count). The van der Waals surface area contributed by atoms with Crippen molar-refractivity contribution in [3.8, 4) is 22.8 Å². The van der Waals surface area contributed by atoms with E-state index in [4.69, 9.17) is 4.74 Å². The number of aromatic nitrogens is 3. The lowest BCUT2D eigenvalue weighted by atomic mass is 10.2. The number of benzene rings is 2. The van der Waals surface area contributed by atoms with E-state index in [0.29, 0.717) is 23.4 Å². The average Bonchev–Trinajstić information content (AvgIpc) is 3.15. The molecule has 1 heterocycles. The molecule has 6 nitrogen and oxygen atoms in total. The van der Waals surface area contributed by atoms with Crippen molar-refractivity contribution in [2.45, 2.75) is 25.9 Å². The second-order valence-corrected chi connectivity index (χ2v) is 8.13. The number of thioether (sulfide) groups is 1. The van der Waals surface area contributed by atoms with E-state index in [2.05, 4.69) is 48.4 Å². The van der Waals surface area contributed by atoms with Gasteiger partial charge in [-0.05, 0) is 49.2 Å². The summed E-state index contributed by atoms with van der Waals surface area (Å²) in [6, 6.07) is 15.9. The zero-order chi connectivity index (χ0) is 20.8. The number of carbonyl (C=O) groups excluding carboxylic acids is 1. The second-order valence-electron chi connectivity index (χ2n) is 7.19. The maximum Gasteiger partial charge on any atom is 0.230 e. The highest BCUT2D eigenvalue weighted by molar-refractivity contribution is 7.99. The van der Waals surface area contributed by atoms with Gasteiger partial charge in [-0.3, -0.25) is 9.36 Å². The molecule has 0 unspecified atom stereocenters. The molecule has 152 valence electrons. The number of nitrogens with one attached hydrogen (secondary N) is 1. The predicted molar refractivity (Wildman–Crippen MR) is 117 cm³/mol. The monoisotopic (exact) mass is 410 g/mol. The zero-order valence-electron chi connectivity index (χ0n) is 17.2. The van der Waals surface area contributed by atoms with Crippen LogP contribution in [0.5, 0.6) is 5.75 Å². The first-order valence-electron chi connectivity index (χ1n) is 9.54. The number of methoxy groups -OCH3 is 1. The topological polar surface area (TPSA) is 69.0 Å². The Kier molecular flexibility index (Phi) is 6.93. The summed E-state index contributed by atoms with van der Waals surface area (Å²) < 4.78 is 7.24. The molecular formula is C22H26N4O2S. The fourth-order valence-electron chi connectivity index (χ4n) is 2.72. The molecule has 0 aliphatic carbocycles. The van der Waals surface area contributed by atoms with Crippen molar-refractivity contribution in [3.63, 3.8) is 0 Å². The summed E-state index contributed by atoms with van der Waals surface area (Å²) in [6.07, 6.45) is 0. The fraction of sp³-hybridized carbons (Fsp3) is 0.318. The fourth-order valence-corrected chi connectivity index (χ4v) is 3.50. The maximum atomic E-state index is 12.2. The highest BCUT2D eigenvalue weighted by Gasteiger charge is 2.17. The summed E-state index contributed by atoms with van der Waals surface area (Å²) in [7, 11) is 1.64. The van der Waals surface area contributed by atoms with E-state index in [0.717, 1.165) is 22.8 Å². The largest absolute Gasteiger partial charge is 0.497 e. The third-order valence-electron chi connectivity index (χ3n) is 4.31. The molecule has 7 heteroatoms. The van der Waals surface area contributed by atoms with Gasteiger partial charge in [0.15, 0.2) is 11.0 Å². The molecule has 0 bridgehead atoms. The molecule has 0 aliphatic rings. The highest BCUT2D eigenvalue weighted by Crippen LogP contribution is 2.29.